The summed E-state index contributed by atoms with van der Waals surface area (Å²) in [5, 5.41) is 3.48. The first-order valence-electron chi connectivity index (χ1n) is 6.56. The summed E-state index contributed by atoms with van der Waals surface area (Å²) < 4.78 is 0. The van der Waals surface area contributed by atoms with E-state index in [4.69, 9.17) is 0 Å². The van der Waals surface area contributed by atoms with E-state index in [9.17, 15) is 0 Å². The summed E-state index contributed by atoms with van der Waals surface area (Å²) >= 11 is 0. The molecule has 2 rings (SSSR count). The number of nitrogens with one attached hydrogen (secondary N) is 1. The summed E-state index contributed by atoms with van der Waals surface area (Å²) in [5.41, 5.74) is 3.01. The van der Waals surface area contributed by atoms with Gasteiger partial charge in [0, 0.05) is 31.4 Å². The van der Waals surface area contributed by atoms with Crippen molar-refractivity contribution in [3.63, 3.8) is 0 Å². The van der Waals surface area contributed by atoms with Crippen LogP contribution in [0.1, 0.15) is 33.3 Å². The Morgan fingerprint density at radius 1 is 1.18 bits per heavy atom. The molecule has 0 unspecified atom stereocenters. The van der Waals surface area contributed by atoms with Crippen LogP contribution in [0.5, 0.6) is 0 Å². The lowest BCUT2D eigenvalue weighted by Gasteiger charge is -2.34. The Hall–Kier alpha value is -1.02. The minimum atomic E-state index is 0.245. The first-order valence-corrected chi connectivity index (χ1v) is 6.56. The highest BCUT2D eigenvalue weighted by atomic mass is 15.2. The summed E-state index contributed by atoms with van der Waals surface area (Å²) in [5.74, 6) is 0. The summed E-state index contributed by atoms with van der Waals surface area (Å²) in [6.45, 7) is 12.3. The number of anilines is 1. The van der Waals surface area contributed by atoms with Crippen LogP contribution in [0.25, 0.3) is 0 Å². The van der Waals surface area contributed by atoms with Crippen LogP contribution < -0.4 is 10.2 Å². The Morgan fingerprint density at radius 3 is 2.35 bits per heavy atom. The van der Waals surface area contributed by atoms with Gasteiger partial charge in [-0.3, -0.25) is 0 Å². The van der Waals surface area contributed by atoms with Crippen molar-refractivity contribution in [2.24, 2.45) is 0 Å². The lowest BCUT2D eigenvalue weighted by molar-refractivity contribution is 0.484. The fraction of sp³-hybridized carbons (Fsp3) is 0.600. The maximum atomic E-state index is 3.48. The van der Waals surface area contributed by atoms with Gasteiger partial charge in [0.15, 0.2) is 0 Å². The van der Waals surface area contributed by atoms with Gasteiger partial charge in [0.2, 0.25) is 0 Å². The quantitative estimate of drug-likeness (QED) is 0.801. The van der Waals surface area contributed by atoms with E-state index in [1.165, 1.54) is 11.3 Å². The molecule has 1 N–H and O–H groups in total. The second-order valence-corrected chi connectivity index (χ2v) is 6.10. The van der Waals surface area contributed by atoms with E-state index in [1.807, 2.05) is 0 Å². The third-order valence-electron chi connectivity index (χ3n) is 3.47. The fourth-order valence-corrected chi connectivity index (χ4v) is 2.34. The molecule has 0 bridgehead atoms. The number of piperazine rings is 1. The van der Waals surface area contributed by atoms with Gasteiger partial charge in [0.25, 0.3) is 0 Å². The van der Waals surface area contributed by atoms with Gasteiger partial charge >= 0.3 is 0 Å². The molecule has 1 aromatic carbocycles. The minimum Gasteiger partial charge on any atom is -0.369 e. The summed E-state index contributed by atoms with van der Waals surface area (Å²) in [7, 11) is 0. The normalized spacial score (nSPS) is 21.6. The topological polar surface area (TPSA) is 15.3 Å². The number of nitrogens with zero attached hydrogens (tertiary/aromatic N) is 1. The Labute approximate surface area is 105 Å². The van der Waals surface area contributed by atoms with E-state index in [2.05, 4.69) is 62.2 Å². The summed E-state index contributed by atoms with van der Waals surface area (Å²) in [6.07, 6.45) is 0. The van der Waals surface area contributed by atoms with E-state index >= 15 is 0 Å². The molecule has 1 saturated heterocycles. The van der Waals surface area contributed by atoms with E-state index in [0.29, 0.717) is 6.04 Å². The number of rotatable bonds is 1. The van der Waals surface area contributed by atoms with Crippen LogP contribution in [0.3, 0.4) is 0 Å². The predicted molar refractivity (Wildman–Crippen MR) is 74.8 cm³/mol. The average Bonchev–Trinajstić information content (AvgIpc) is 2.28. The molecule has 0 saturated carbocycles. The third kappa shape index (κ3) is 3.01. The molecule has 0 spiro atoms. The van der Waals surface area contributed by atoms with Crippen molar-refractivity contribution in [1.29, 1.82) is 0 Å². The molecule has 1 heterocycles. The smallest absolute Gasteiger partial charge is 0.0367 e. The van der Waals surface area contributed by atoms with Crippen molar-refractivity contribution in [3.05, 3.63) is 29.8 Å². The number of hydrogen-bond acceptors (Lipinski definition) is 2. The zero-order chi connectivity index (χ0) is 12.5. The Balaban J connectivity index is 2.12. The zero-order valence-corrected chi connectivity index (χ0v) is 11.5. The van der Waals surface area contributed by atoms with Gasteiger partial charge in [-0.2, -0.15) is 0 Å². The van der Waals surface area contributed by atoms with Gasteiger partial charge < -0.3 is 10.2 Å². The fourth-order valence-electron chi connectivity index (χ4n) is 2.34. The van der Waals surface area contributed by atoms with E-state index in [-0.39, 0.29) is 5.41 Å². The maximum Gasteiger partial charge on any atom is 0.0367 e. The van der Waals surface area contributed by atoms with Crippen molar-refractivity contribution < 1.29 is 0 Å². The lowest BCUT2D eigenvalue weighted by Crippen LogP contribution is -2.49. The van der Waals surface area contributed by atoms with Crippen LogP contribution in [0.4, 0.5) is 5.69 Å². The van der Waals surface area contributed by atoms with Crippen LogP contribution in [-0.4, -0.2) is 25.7 Å². The highest BCUT2D eigenvalue weighted by Gasteiger charge is 2.17. The van der Waals surface area contributed by atoms with Gasteiger partial charge in [-0.25, -0.2) is 0 Å². The van der Waals surface area contributed by atoms with Crippen LogP contribution in [-0.2, 0) is 5.41 Å². The molecule has 2 heteroatoms. The molecule has 0 aliphatic carbocycles. The van der Waals surface area contributed by atoms with Crippen molar-refractivity contribution in [2.75, 3.05) is 24.5 Å². The predicted octanol–water partition coefficient (Wildman–Crippen LogP) is 2.78. The first kappa shape index (κ1) is 12.4. The molecule has 2 nitrogen and oxygen atoms in total. The van der Waals surface area contributed by atoms with Crippen molar-refractivity contribution in [2.45, 2.75) is 39.2 Å². The molecule has 17 heavy (non-hydrogen) atoms. The van der Waals surface area contributed by atoms with E-state index in [0.717, 1.165) is 19.6 Å². The van der Waals surface area contributed by atoms with Crippen LogP contribution in [0.2, 0.25) is 0 Å². The third-order valence-corrected chi connectivity index (χ3v) is 3.47. The van der Waals surface area contributed by atoms with Crippen LogP contribution in [0, 0.1) is 0 Å². The molecule has 94 valence electrons. The Kier molecular flexibility index (Phi) is 3.43. The molecule has 0 aromatic heterocycles. The first-order chi connectivity index (χ1) is 7.97. The SMILES string of the molecule is C[C@@H]1CN(c2ccc(C(C)(C)C)cc2)CCN1. The van der Waals surface area contributed by atoms with Gasteiger partial charge in [-0.1, -0.05) is 32.9 Å². The summed E-state index contributed by atoms with van der Waals surface area (Å²) in [6, 6.07) is 9.65. The Bertz CT molecular complexity index is 362. The molecule has 0 amide bonds. The molecular formula is C15H24N2. The van der Waals surface area contributed by atoms with Crippen molar-refractivity contribution in [1.82, 2.24) is 5.32 Å². The van der Waals surface area contributed by atoms with Crippen molar-refractivity contribution >= 4 is 5.69 Å². The number of hydrogen-bond donors (Lipinski definition) is 1. The van der Waals surface area contributed by atoms with Gasteiger partial charge in [-0.15, -0.1) is 0 Å². The summed E-state index contributed by atoms with van der Waals surface area (Å²) in [4.78, 5) is 2.47. The second kappa shape index (κ2) is 4.69. The van der Waals surface area contributed by atoms with Crippen molar-refractivity contribution in [3.8, 4) is 0 Å². The molecule has 1 aliphatic heterocycles. The van der Waals surface area contributed by atoms with Crippen LogP contribution in [0.15, 0.2) is 24.3 Å². The molecule has 1 fully saturated rings. The van der Waals surface area contributed by atoms with Crippen LogP contribution >= 0.6 is 0 Å². The van der Waals surface area contributed by atoms with E-state index < -0.39 is 0 Å². The lowest BCUT2D eigenvalue weighted by atomic mass is 9.87. The zero-order valence-electron chi connectivity index (χ0n) is 11.5. The molecule has 1 atom stereocenters. The average molecular weight is 232 g/mol. The molecule has 1 aliphatic rings. The molecule has 1 aromatic rings. The maximum absolute atomic E-state index is 3.48. The monoisotopic (exact) mass is 232 g/mol. The molecule has 0 radical (unpaired) electrons. The van der Waals surface area contributed by atoms with Gasteiger partial charge in [-0.05, 0) is 30.0 Å². The Morgan fingerprint density at radius 2 is 1.82 bits per heavy atom. The standard InChI is InChI=1S/C15H24N2/c1-12-11-17(10-9-16-12)14-7-5-13(6-8-14)15(2,3)4/h5-8,12,16H,9-11H2,1-4H3/t12-/m1/s1. The number of benzene rings is 1. The van der Waals surface area contributed by atoms with Gasteiger partial charge in [0.1, 0.15) is 0 Å². The molecular weight excluding hydrogens is 208 g/mol. The van der Waals surface area contributed by atoms with E-state index in [1.54, 1.807) is 0 Å². The second-order valence-electron chi connectivity index (χ2n) is 6.10. The minimum absolute atomic E-state index is 0.245. The highest BCUT2D eigenvalue weighted by molar-refractivity contribution is 5.49. The van der Waals surface area contributed by atoms with Gasteiger partial charge in [0.05, 0.1) is 0 Å². The highest BCUT2D eigenvalue weighted by Crippen LogP contribution is 2.25. The largest absolute Gasteiger partial charge is 0.369 e.